The number of nitrogens with two attached hydrogens (primary N) is 1. The molecule has 4 aromatic rings. The fourth-order valence-electron chi connectivity index (χ4n) is 3.99. The zero-order chi connectivity index (χ0) is 24.6. The number of primary amides is 1. The molecule has 0 saturated carbocycles. The monoisotopic (exact) mass is 455 g/mol. The second-order valence-electron chi connectivity index (χ2n) is 9.54. The van der Waals surface area contributed by atoms with E-state index in [0.717, 1.165) is 11.3 Å². The van der Waals surface area contributed by atoms with Gasteiger partial charge >= 0.3 is 0 Å². The number of fused-ring (bicyclic) bond motifs is 1. The van der Waals surface area contributed by atoms with Gasteiger partial charge in [-0.25, -0.2) is 4.98 Å². The van der Waals surface area contributed by atoms with Gasteiger partial charge in [-0.05, 0) is 42.5 Å². The van der Waals surface area contributed by atoms with Crippen molar-refractivity contribution in [1.29, 1.82) is 0 Å². The number of amides is 2. The summed E-state index contributed by atoms with van der Waals surface area (Å²) in [6.45, 7) is 10.9. The second-order valence-corrected chi connectivity index (χ2v) is 9.54. The maximum atomic E-state index is 13.1. The minimum atomic E-state index is -0.606. The van der Waals surface area contributed by atoms with Gasteiger partial charge in [0, 0.05) is 5.39 Å². The molecule has 2 aromatic carbocycles. The predicted octanol–water partition coefficient (Wildman–Crippen LogP) is 4.75. The molecule has 0 bridgehead atoms. The standard InChI is InChI=1S/C27H29N5O2/c1-16-24(17(2)32(31-16)15-18-10-12-19(13-11-18)27(3,4)5)30-26(34)23-14-21(25(28)33)20-8-6-7-9-22(20)29-23/h6-14H,15H2,1-5H3,(H2,28,33)(H,30,34). The van der Waals surface area contributed by atoms with E-state index in [9.17, 15) is 9.59 Å². The molecule has 4 rings (SSSR count). The van der Waals surface area contributed by atoms with Crippen molar-refractivity contribution in [1.82, 2.24) is 14.8 Å². The predicted molar refractivity (Wildman–Crippen MR) is 134 cm³/mol. The van der Waals surface area contributed by atoms with Gasteiger partial charge in [-0.2, -0.15) is 5.10 Å². The highest BCUT2D eigenvalue weighted by atomic mass is 16.2. The van der Waals surface area contributed by atoms with Crippen molar-refractivity contribution < 1.29 is 9.59 Å². The Hall–Kier alpha value is -4.00. The molecule has 0 atom stereocenters. The zero-order valence-electron chi connectivity index (χ0n) is 20.1. The third-order valence-corrected chi connectivity index (χ3v) is 5.99. The smallest absolute Gasteiger partial charge is 0.274 e. The minimum absolute atomic E-state index is 0.0966. The first-order valence-corrected chi connectivity index (χ1v) is 11.2. The largest absolute Gasteiger partial charge is 0.366 e. The van der Waals surface area contributed by atoms with Gasteiger partial charge in [-0.1, -0.05) is 63.2 Å². The summed E-state index contributed by atoms with van der Waals surface area (Å²) in [4.78, 5) is 29.5. The summed E-state index contributed by atoms with van der Waals surface area (Å²) in [5.74, 6) is -1.03. The van der Waals surface area contributed by atoms with Crippen LogP contribution in [0.1, 0.15) is 64.1 Å². The van der Waals surface area contributed by atoms with Crippen LogP contribution in [0.4, 0.5) is 5.69 Å². The number of carbonyl (C=O) groups is 2. The Morgan fingerprint density at radius 1 is 1.03 bits per heavy atom. The highest BCUT2D eigenvalue weighted by Gasteiger charge is 2.19. The van der Waals surface area contributed by atoms with Crippen LogP contribution in [0.15, 0.2) is 54.6 Å². The number of aromatic nitrogens is 3. The van der Waals surface area contributed by atoms with Crippen molar-refractivity contribution in [3.8, 4) is 0 Å². The molecular weight excluding hydrogens is 426 g/mol. The van der Waals surface area contributed by atoms with Crippen LogP contribution >= 0.6 is 0 Å². The third kappa shape index (κ3) is 4.55. The number of pyridine rings is 1. The average Bonchev–Trinajstić information content (AvgIpc) is 3.05. The highest BCUT2D eigenvalue weighted by Crippen LogP contribution is 2.25. The second kappa shape index (κ2) is 8.74. The molecule has 0 aliphatic carbocycles. The molecule has 0 radical (unpaired) electrons. The number of benzene rings is 2. The zero-order valence-corrected chi connectivity index (χ0v) is 20.1. The van der Waals surface area contributed by atoms with Crippen molar-refractivity contribution >= 4 is 28.4 Å². The SMILES string of the molecule is Cc1nn(Cc2ccc(C(C)(C)C)cc2)c(C)c1NC(=O)c1cc(C(N)=O)c2ccccc2n1. The van der Waals surface area contributed by atoms with Gasteiger partial charge in [0.2, 0.25) is 5.91 Å². The lowest BCUT2D eigenvalue weighted by Gasteiger charge is -2.19. The minimum Gasteiger partial charge on any atom is -0.366 e. The number of rotatable bonds is 5. The number of para-hydroxylation sites is 1. The first kappa shape index (κ1) is 23.2. The van der Waals surface area contributed by atoms with Crippen LogP contribution in [0.3, 0.4) is 0 Å². The van der Waals surface area contributed by atoms with Gasteiger partial charge in [0.25, 0.3) is 5.91 Å². The molecule has 3 N–H and O–H groups in total. The molecule has 0 spiro atoms. The Bertz CT molecular complexity index is 1400. The molecule has 7 nitrogen and oxygen atoms in total. The number of nitrogens with one attached hydrogen (secondary N) is 1. The van der Waals surface area contributed by atoms with Crippen molar-refractivity contribution in [2.75, 3.05) is 5.32 Å². The summed E-state index contributed by atoms with van der Waals surface area (Å²) in [5, 5.41) is 8.17. The van der Waals surface area contributed by atoms with Crippen LogP contribution in [0, 0.1) is 13.8 Å². The maximum Gasteiger partial charge on any atom is 0.274 e. The van der Waals surface area contributed by atoms with Crippen molar-refractivity contribution in [2.24, 2.45) is 5.73 Å². The van der Waals surface area contributed by atoms with Crippen molar-refractivity contribution in [3.05, 3.63) is 88.4 Å². The summed E-state index contributed by atoms with van der Waals surface area (Å²) in [6, 6.07) is 17.1. The van der Waals surface area contributed by atoms with Crippen LogP contribution in [-0.2, 0) is 12.0 Å². The summed E-state index contributed by atoms with van der Waals surface area (Å²) in [7, 11) is 0. The van der Waals surface area contributed by atoms with E-state index >= 15 is 0 Å². The molecule has 34 heavy (non-hydrogen) atoms. The summed E-state index contributed by atoms with van der Waals surface area (Å²) < 4.78 is 1.87. The molecule has 7 heteroatoms. The van der Waals surface area contributed by atoms with E-state index in [0.29, 0.717) is 28.8 Å². The number of hydrogen-bond donors (Lipinski definition) is 2. The summed E-state index contributed by atoms with van der Waals surface area (Å²) >= 11 is 0. The lowest BCUT2D eigenvalue weighted by atomic mass is 9.87. The van der Waals surface area contributed by atoms with E-state index in [1.165, 1.54) is 11.6 Å². The van der Waals surface area contributed by atoms with Crippen LogP contribution < -0.4 is 11.1 Å². The van der Waals surface area contributed by atoms with E-state index in [-0.39, 0.29) is 16.7 Å². The number of anilines is 1. The highest BCUT2D eigenvalue weighted by molar-refractivity contribution is 6.10. The Labute approximate surface area is 199 Å². The number of carbonyl (C=O) groups excluding carboxylic acids is 2. The van der Waals surface area contributed by atoms with E-state index in [2.05, 4.69) is 60.4 Å². The van der Waals surface area contributed by atoms with E-state index < -0.39 is 11.8 Å². The first-order chi connectivity index (χ1) is 16.0. The van der Waals surface area contributed by atoms with E-state index in [1.807, 2.05) is 18.5 Å². The van der Waals surface area contributed by atoms with Gasteiger partial charge in [0.05, 0.1) is 34.7 Å². The van der Waals surface area contributed by atoms with Gasteiger partial charge < -0.3 is 11.1 Å². The first-order valence-electron chi connectivity index (χ1n) is 11.2. The van der Waals surface area contributed by atoms with Gasteiger partial charge in [-0.15, -0.1) is 0 Å². The lowest BCUT2D eigenvalue weighted by Crippen LogP contribution is -2.18. The Kier molecular flexibility index (Phi) is 5.96. The normalized spacial score (nSPS) is 11.6. The number of nitrogens with zero attached hydrogens (tertiary/aromatic N) is 3. The molecule has 2 aromatic heterocycles. The molecule has 0 aliphatic rings. The van der Waals surface area contributed by atoms with Crippen molar-refractivity contribution in [2.45, 2.75) is 46.6 Å². The molecule has 2 heterocycles. The number of hydrogen-bond acceptors (Lipinski definition) is 4. The maximum absolute atomic E-state index is 13.1. The van der Waals surface area contributed by atoms with Crippen LogP contribution in [0.5, 0.6) is 0 Å². The number of aryl methyl sites for hydroxylation is 1. The van der Waals surface area contributed by atoms with Gasteiger partial charge in [0.1, 0.15) is 5.69 Å². The van der Waals surface area contributed by atoms with Gasteiger partial charge in [0.15, 0.2) is 0 Å². The summed E-state index contributed by atoms with van der Waals surface area (Å²) in [5.41, 5.74) is 11.1. The molecule has 2 amide bonds. The Balaban J connectivity index is 1.60. The third-order valence-electron chi connectivity index (χ3n) is 5.99. The molecule has 0 fully saturated rings. The summed E-state index contributed by atoms with van der Waals surface area (Å²) in [6.07, 6.45) is 0. The average molecular weight is 456 g/mol. The molecule has 174 valence electrons. The van der Waals surface area contributed by atoms with E-state index in [1.54, 1.807) is 24.3 Å². The Morgan fingerprint density at radius 2 is 1.71 bits per heavy atom. The van der Waals surface area contributed by atoms with Crippen LogP contribution in [0.2, 0.25) is 0 Å². The molecular formula is C27H29N5O2. The van der Waals surface area contributed by atoms with Crippen LogP contribution in [0.25, 0.3) is 10.9 Å². The topological polar surface area (TPSA) is 103 Å². The van der Waals surface area contributed by atoms with Gasteiger partial charge in [-0.3, -0.25) is 14.3 Å². The fourth-order valence-corrected chi connectivity index (χ4v) is 3.99. The molecule has 0 saturated heterocycles. The van der Waals surface area contributed by atoms with E-state index in [4.69, 9.17) is 5.73 Å². The van der Waals surface area contributed by atoms with Crippen LogP contribution in [-0.4, -0.2) is 26.6 Å². The Morgan fingerprint density at radius 3 is 2.35 bits per heavy atom. The quantitative estimate of drug-likeness (QED) is 0.453. The molecule has 0 aliphatic heterocycles. The van der Waals surface area contributed by atoms with Crippen molar-refractivity contribution in [3.63, 3.8) is 0 Å². The lowest BCUT2D eigenvalue weighted by molar-refractivity contribution is 0.100. The molecule has 0 unspecified atom stereocenters. The fraction of sp³-hybridized carbons (Fsp3) is 0.259.